The Kier molecular flexibility index (Phi) is 15.3. The fraction of sp³-hybridized carbons (Fsp3) is 0.650. The van der Waals surface area contributed by atoms with Crippen molar-refractivity contribution in [2.24, 2.45) is 0 Å². The van der Waals surface area contributed by atoms with Gasteiger partial charge in [0.2, 0.25) is 0 Å². The third kappa shape index (κ3) is 16.8. The molecule has 0 amide bonds. The first-order chi connectivity index (χ1) is 11.6. The average molecular weight is 338 g/mol. The van der Waals surface area contributed by atoms with Gasteiger partial charge in [-0.15, -0.1) is 0 Å². The van der Waals surface area contributed by atoms with Crippen molar-refractivity contribution >= 4 is 5.97 Å². The highest BCUT2D eigenvalue weighted by Crippen LogP contribution is 2.13. The lowest BCUT2D eigenvalue weighted by Crippen LogP contribution is -2.05. The maximum Gasteiger partial charge on any atom is 0.328 e. The van der Waals surface area contributed by atoms with Gasteiger partial charge in [0.15, 0.2) is 0 Å². The number of hydrogen-bond acceptors (Lipinski definition) is 3. The number of unbranched alkanes of at least 4 members (excludes halogenated alkanes) is 7. The number of carboxylic acids is 1. The minimum Gasteiger partial charge on any atom is -0.508 e. The van der Waals surface area contributed by atoms with Crippen molar-refractivity contribution in [2.75, 3.05) is 0 Å². The van der Waals surface area contributed by atoms with E-state index in [1.807, 2.05) is 0 Å². The first-order valence-corrected chi connectivity index (χ1v) is 9.21. The molecular formula is C20H34O4. The van der Waals surface area contributed by atoms with Crippen LogP contribution in [0.15, 0.2) is 36.1 Å². The Bertz CT molecular complexity index is 396. The topological polar surface area (TPSA) is 77.8 Å². The van der Waals surface area contributed by atoms with Gasteiger partial charge in [0.25, 0.3) is 0 Å². The predicted molar refractivity (Wildman–Crippen MR) is 99.1 cm³/mol. The summed E-state index contributed by atoms with van der Waals surface area (Å²) < 4.78 is 0. The van der Waals surface area contributed by atoms with E-state index in [2.05, 4.69) is 6.92 Å². The van der Waals surface area contributed by atoms with E-state index in [-0.39, 0.29) is 11.9 Å². The van der Waals surface area contributed by atoms with E-state index in [9.17, 15) is 15.0 Å². The molecule has 0 saturated carbocycles. The van der Waals surface area contributed by atoms with Gasteiger partial charge >= 0.3 is 5.97 Å². The molecular weight excluding hydrogens is 304 g/mol. The molecule has 24 heavy (non-hydrogen) atoms. The normalized spacial score (nSPS) is 13.8. The van der Waals surface area contributed by atoms with Crippen molar-refractivity contribution in [3.05, 3.63) is 36.1 Å². The minimum absolute atomic E-state index is 0.137. The third-order valence-electron chi connectivity index (χ3n) is 3.85. The lowest BCUT2D eigenvalue weighted by Gasteiger charge is -2.09. The van der Waals surface area contributed by atoms with Crippen molar-refractivity contribution in [1.82, 2.24) is 0 Å². The summed E-state index contributed by atoms with van der Waals surface area (Å²) in [5.74, 6) is -0.875. The maximum absolute atomic E-state index is 10.2. The summed E-state index contributed by atoms with van der Waals surface area (Å²) in [7, 11) is 0. The Morgan fingerprint density at radius 1 is 0.875 bits per heavy atom. The van der Waals surface area contributed by atoms with E-state index in [1.165, 1.54) is 50.3 Å². The summed E-state index contributed by atoms with van der Waals surface area (Å²) in [6.07, 6.45) is 18.7. The predicted octanol–water partition coefficient (Wildman–Crippen LogP) is 5.30. The van der Waals surface area contributed by atoms with E-state index < -0.39 is 5.97 Å². The Labute approximate surface area is 146 Å². The average Bonchev–Trinajstić information content (AvgIpc) is 2.54. The summed E-state index contributed by atoms with van der Waals surface area (Å²) in [5.41, 5.74) is 0. The van der Waals surface area contributed by atoms with Crippen LogP contribution in [0, 0.1) is 0 Å². The standard InChI is InChI=1S/C20H34O4/c1-2-3-4-5-6-8-13-18(21)14-9-7-10-15-19(22)16-11-12-17-20(23)24/h11-12,15-18,21-22H,2-10,13-14H2,1H3,(H,23,24)/b16-11+,17-12+,19-15-. The number of aliphatic hydroxyl groups excluding tert-OH is 2. The fourth-order valence-electron chi connectivity index (χ4n) is 2.44. The van der Waals surface area contributed by atoms with E-state index in [1.54, 1.807) is 6.08 Å². The molecule has 4 nitrogen and oxygen atoms in total. The molecule has 0 saturated heterocycles. The summed E-state index contributed by atoms with van der Waals surface area (Å²) in [6.45, 7) is 2.21. The molecule has 0 radical (unpaired) electrons. The number of rotatable bonds is 15. The molecule has 4 heteroatoms. The van der Waals surface area contributed by atoms with Crippen molar-refractivity contribution in [1.29, 1.82) is 0 Å². The number of aliphatic hydroxyl groups is 2. The Balaban J connectivity index is 3.59. The molecule has 0 aliphatic rings. The molecule has 0 aromatic heterocycles. The summed E-state index contributed by atoms with van der Waals surface area (Å²) in [6, 6.07) is 0. The minimum atomic E-state index is -1.01. The number of allylic oxidation sites excluding steroid dienone is 4. The number of aliphatic carboxylic acids is 1. The number of carbonyl (C=O) groups is 1. The SMILES string of the molecule is CCCCCCCCC(O)CCCC/C=C(O)/C=C/C=C/C(=O)O. The second-order valence-electron chi connectivity index (χ2n) is 6.18. The molecule has 0 aliphatic carbocycles. The molecule has 0 rings (SSSR count). The van der Waals surface area contributed by atoms with Gasteiger partial charge in [0.1, 0.15) is 5.76 Å². The molecule has 138 valence electrons. The van der Waals surface area contributed by atoms with Crippen LogP contribution in [0.4, 0.5) is 0 Å². The van der Waals surface area contributed by atoms with Gasteiger partial charge in [0, 0.05) is 6.08 Å². The van der Waals surface area contributed by atoms with Crippen molar-refractivity contribution in [3.63, 3.8) is 0 Å². The van der Waals surface area contributed by atoms with Crippen LogP contribution in [0.1, 0.15) is 77.6 Å². The highest BCUT2D eigenvalue weighted by Gasteiger charge is 2.03. The van der Waals surface area contributed by atoms with Crippen LogP contribution in [-0.2, 0) is 4.79 Å². The zero-order chi connectivity index (χ0) is 18.0. The van der Waals surface area contributed by atoms with Gasteiger partial charge < -0.3 is 15.3 Å². The zero-order valence-corrected chi connectivity index (χ0v) is 15.0. The zero-order valence-electron chi connectivity index (χ0n) is 15.0. The number of carboxylic acid groups (broad SMARTS) is 1. The first kappa shape index (κ1) is 22.4. The fourth-order valence-corrected chi connectivity index (χ4v) is 2.44. The Hall–Kier alpha value is -1.55. The molecule has 0 aromatic carbocycles. The summed E-state index contributed by atoms with van der Waals surface area (Å²) >= 11 is 0. The second-order valence-corrected chi connectivity index (χ2v) is 6.18. The second kappa shape index (κ2) is 16.3. The Morgan fingerprint density at radius 3 is 2.12 bits per heavy atom. The van der Waals surface area contributed by atoms with E-state index >= 15 is 0 Å². The first-order valence-electron chi connectivity index (χ1n) is 9.21. The van der Waals surface area contributed by atoms with Crippen LogP contribution in [0.2, 0.25) is 0 Å². The highest BCUT2D eigenvalue weighted by atomic mass is 16.4. The van der Waals surface area contributed by atoms with Gasteiger partial charge in [-0.2, -0.15) is 0 Å². The molecule has 1 unspecified atom stereocenters. The van der Waals surface area contributed by atoms with Gasteiger partial charge in [-0.3, -0.25) is 0 Å². The maximum atomic E-state index is 10.2. The molecule has 0 spiro atoms. The Morgan fingerprint density at radius 2 is 1.46 bits per heavy atom. The van der Waals surface area contributed by atoms with Crippen molar-refractivity contribution in [2.45, 2.75) is 83.7 Å². The molecule has 0 fully saturated rings. The van der Waals surface area contributed by atoms with E-state index in [0.717, 1.165) is 44.6 Å². The molecule has 0 aliphatic heterocycles. The molecule has 0 bridgehead atoms. The molecule has 0 aromatic rings. The van der Waals surface area contributed by atoms with Gasteiger partial charge in [-0.05, 0) is 37.8 Å². The lowest BCUT2D eigenvalue weighted by molar-refractivity contribution is -0.131. The molecule has 3 N–H and O–H groups in total. The van der Waals surface area contributed by atoms with Gasteiger partial charge in [0.05, 0.1) is 6.10 Å². The van der Waals surface area contributed by atoms with Crippen LogP contribution in [0.3, 0.4) is 0 Å². The van der Waals surface area contributed by atoms with Gasteiger partial charge in [-0.1, -0.05) is 64.0 Å². The van der Waals surface area contributed by atoms with Crippen LogP contribution < -0.4 is 0 Å². The third-order valence-corrected chi connectivity index (χ3v) is 3.85. The van der Waals surface area contributed by atoms with E-state index in [4.69, 9.17) is 5.11 Å². The molecule has 1 atom stereocenters. The quantitative estimate of drug-likeness (QED) is 0.164. The number of hydrogen-bond donors (Lipinski definition) is 3. The lowest BCUT2D eigenvalue weighted by atomic mass is 10.0. The largest absolute Gasteiger partial charge is 0.508 e. The van der Waals surface area contributed by atoms with Crippen LogP contribution in [0.25, 0.3) is 0 Å². The highest BCUT2D eigenvalue weighted by molar-refractivity contribution is 5.80. The van der Waals surface area contributed by atoms with Crippen molar-refractivity contribution in [3.8, 4) is 0 Å². The summed E-state index contributed by atoms with van der Waals surface area (Å²) in [5, 5.41) is 27.9. The smallest absolute Gasteiger partial charge is 0.328 e. The van der Waals surface area contributed by atoms with Crippen molar-refractivity contribution < 1.29 is 20.1 Å². The van der Waals surface area contributed by atoms with E-state index in [0.29, 0.717) is 0 Å². The summed E-state index contributed by atoms with van der Waals surface area (Å²) in [4.78, 5) is 10.2. The van der Waals surface area contributed by atoms with Gasteiger partial charge in [-0.25, -0.2) is 4.79 Å². The molecule has 0 heterocycles. The van der Waals surface area contributed by atoms with Crippen LogP contribution in [-0.4, -0.2) is 27.4 Å². The van der Waals surface area contributed by atoms with Crippen LogP contribution in [0.5, 0.6) is 0 Å². The van der Waals surface area contributed by atoms with Crippen LogP contribution >= 0.6 is 0 Å². The monoisotopic (exact) mass is 338 g/mol.